The van der Waals surface area contributed by atoms with Crippen molar-refractivity contribution in [2.75, 3.05) is 6.61 Å². The van der Waals surface area contributed by atoms with E-state index in [0.717, 1.165) is 10.4 Å². The van der Waals surface area contributed by atoms with Crippen LogP contribution < -0.4 is 4.74 Å². The second-order valence-corrected chi connectivity index (χ2v) is 4.88. The van der Waals surface area contributed by atoms with Gasteiger partial charge in [-0.3, -0.25) is 4.99 Å². The lowest BCUT2D eigenvalue weighted by Gasteiger charge is -2.14. The van der Waals surface area contributed by atoms with Crippen molar-refractivity contribution in [1.29, 1.82) is 0 Å². The number of thiophene rings is 1. The summed E-state index contributed by atoms with van der Waals surface area (Å²) in [4.78, 5) is 5.24. The van der Waals surface area contributed by atoms with Gasteiger partial charge in [0.15, 0.2) is 6.04 Å². The van der Waals surface area contributed by atoms with Gasteiger partial charge in [0.25, 0.3) is 0 Å². The number of hydrogen-bond acceptors (Lipinski definition) is 3. The molecule has 0 spiro atoms. The van der Waals surface area contributed by atoms with Crippen LogP contribution in [0.4, 0.5) is 13.2 Å². The summed E-state index contributed by atoms with van der Waals surface area (Å²) in [7, 11) is 0. The largest absolute Gasteiger partial charge is 0.489 e. The van der Waals surface area contributed by atoms with Gasteiger partial charge in [0.2, 0.25) is 0 Å². The van der Waals surface area contributed by atoms with E-state index >= 15 is 0 Å². The number of rotatable bonds is 0. The summed E-state index contributed by atoms with van der Waals surface area (Å²) in [5.74, 6) is 0.540. The van der Waals surface area contributed by atoms with E-state index in [4.69, 9.17) is 4.74 Å². The first-order valence-electron chi connectivity index (χ1n) is 4.72. The Hall–Kier alpha value is -1.04. The average molecular weight is 249 g/mol. The molecule has 0 N–H and O–H groups in total. The van der Waals surface area contributed by atoms with Crippen LogP contribution in [0.3, 0.4) is 0 Å². The van der Waals surface area contributed by atoms with Gasteiger partial charge in [-0.05, 0) is 13.8 Å². The molecule has 16 heavy (non-hydrogen) atoms. The minimum Gasteiger partial charge on any atom is -0.489 e. The van der Waals surface area contributed by atoms with E-state index in [-0.39, 0.29) is 0 Å². The Morgan fingerprint density at radius 1 is 1.44 bits per heavy atom. The number of nitrogens with zero attached hydrogens (tertiary/aromatic N) is 1. The maximum atomic E-state index is 12.4. The Kier molecular flexibility index (Phi) is 2.69. The lowest BCUT2D eigenvalue weighted by Crippen LogP contribution is -2.32. The molecule has 0 fully saturated rings. The minimum absolute atomic E-state index is 0.440. The first-order chi connectivity index (χ1) is 7.39. The smallest absolute Gasteiger partial charge is 0.414 e. The van der Waals surface area contributed by atoms with Gasteiger partial charge in [-0.2, -0.15) is 13.2 Å². The number of aliphatic imine (C=N–C) groups is 1. The molecular formula is C10H10F3NOS. The van der Waals surface area contributed by atoms with Crippen molar-refractivity contribution >= 4 is 17.6 Å². The van der Waals surface area contributed by atoms with Crippen LogP contribution in [0.15, 0.2) is 4.99 Å². The Morgan fingerprint density at radius 2 is 2.12 bits per heavy atom. The average Bonchev–Trinajstić information content (AvgIpc) is 2.39. The third kappa shape index (κ3) is 1.93. The Morgan fingerprint density at radius 3 is 2.75 bits per heavy atom. The second-order valence-electron chi connectivity index (χ2n) is 3.62. The van der Waals surface area contributed by atoms with E-state index in [1.54, 1.807) is 0 Å². The predicted molar refractivity (Wildman–Crippen MR) is 56.7 cm³/mol. The van der Waals surface area contributed by atoms with Crippen LogP contribution in [0.5, 0.6) is 5.75 Å². The van der Waals surface area contributed by atoms with Crippen molar-refractivity contribution in [3.8, 4) is 5.75 Å². The molecule has 0 saturated carbocycles. The zero-order chi connectivity index (χ0) is 11.9. The van der Waals surface area contributed by atoms with Crippen LogP contribution in [-0.4, -0.2) is 25.0 Å². The highest BCUT2D eigenvalue weighted by atomic mass is 32.1. The van der Waals surface area contributed by atoms with E-state index in [1.807, 2.05) is 13.8 Å². The molecular weight excluding hydrogens is 239 g/mol. The number of alkyl halides is 3. The fourth-order valence-corrected chi connectivity index (χ4v) is 2.43. The van der Waals surface area contributed by atoms with Gasteiger partial charge in [0.1, 0.15) is 12.4 Å². The molecule has 0 aliphatic carbocycles. The van der Waals surface area contributed by atoms with Crippen molar-refractivity contribution < 1.29 is 17.9 Å². The molecule has 1 aromatic rings. The number of aryl methyl sites for hydroxylation is 1. The van der Waals surface area contributed by atoms with E-state index in [1.165, 1.54) is 17.6 Å². The SMILES string of the molecule is Cc1sc2c(c1C)OCC(C(F)(F)F)N=C2. The standard InChI is InChI=1S/C10H10F3NOS/c1-5-6(2)16-7-3-14-8(10(11,12)13)4-15-9(5)7/h3,8H,4H2,1-2H3. The highest BCUT2D eigenvalue weighted by molar-refractivity contribution is 7.14. The fourth-order valence-electron chi connectivity index (χ4n) is 1.44. The lowest BCUT2D eigenvalue weighted by atomic mass is 10.2. The number of halogens is 3. The zero-order valence-corrected chi connectivity index (χ0v) is 9.58. The number of fused-ring (bicyclic) bond motifs is 1. The molecule has 1 atom stereocenters. The summed E-state index contributed by atoms with van der Waals surface area (Å²) < 4.78 is 42.5. The van der Waals surface area contributed by atoms with E-state index in [9.17, 15) is 13.2 Å². The normalized spacial score (nSPS) is 20.2. The topological polar surface area (TPSA) is 21.6 Å². The van der Waals surface area contributed by atoms with Gasteiger partial charge < -0.3 is 4.74 Å². The highest BCUT2D eigenvalue weighted by Crippen LogP contribution is 2.36. The third-order valence-corrected chi connectivity index (χ3v) is 3.61. The van der Waals surface area contributed by atoms with Crippen molar-refractivity contribution in [2.24, 2.45) is 4.99 Å². The zero-order valence-electron chi connectivity index (χ0n) is 8.76. The maximum absolute atomic E-state index is 12.4. The highest BCUT2D eigenvalue weighted by Gasteiger charge is 2.41. The summed E-state index contributed by atoms with van der Waals surface area (Å²) in [6, 6.07) is -1.76. The van der Waals surface area contributed by atoms with E-state index in [2.05, 4.69) is 4.99 Å². The maximum Gasteiger partial charge on any atom is 0.414 e. The molecule has 6 heteroatoms. The second kappa shape index (κ2) is 3.76. The van der Waals surface area contributed by atoms with Crippen molar-refractivity contribution in [2.45, 2.75) is 26.1 Å². The number of ether oxygens (including phenoxy) is 1. The van der Waals surface area contributed by atoms with Gasteiger partial charge >= 0.3 is 6.18 Å². The summed E-state index contributed by atoms with van der Waals surface area (Å²) >= 11 is 1.40. The van der Waals surface area contributed by atoms with Crippen LogP contribution in [-0.2, 0) is 0 Å². The molecule has 2 nitrogen and oxygen atoms in total. The molecule has 0 radical (unpaired) electrons. The third-order valence-electron chi connectivity index (χ3n) is 2.49. The first-order valence-corrected chi connectivity index (χ1v) is 5.54. The fraction of sp³-hybridized carbons (Fsp3) is 0.500. The first kappa shape index (κ1) is 11.4. The van der Waals surface area contributed by atoms with Crippen LogP contribution >= 0.6 is 11.3 Å². The summed E-state index contributed by atoms with van der Waals surface area (Å²) in [5.41, 5.74) is 0.897. The summed E-state index contributed by atoms with van der Waals surface area (Å²) in [6.45, 7) is 3.31. The minimum atomic E-state index is -4.34. The van der Waals surface area contributed by atoms with Gasteiger partial charge in [0, 0.05) is 16.7 Å². The molecule has 0 aromatic carbocycles. The van der Waals surface area contributed by atoms with Crippen LogP contribution in [0.2, 0.25) is 0 Å². The molecule has 1 aliphatic heterocycles. The number of hydrogen-bond donors (Lipinski definition) is 0. The monoisotopic (exact) mass is 249 g/mol. The quantitative estimate of drug-likeness (QED) is 0.692. The van der Waals surface area contributed by atoms with Crippen LogP contribution in [0, 0.1) is 13.8 Å². The predicted octanol–water partition coefficient (Wildman–Crippen LogP) is 3.11. The molecule has 1 aliphatic rings. The Labute approximate surface area is 94.8 Å². The summed E-state index contributed by atoms with van der Waals surface area (Å²) in [6.07, 6.45) is -3.07. The van der Waals surface area contributed by atoms with Crippen LogP contribution in [0.25, 0.3) is 0 Å². The molecule has 1 unspecified atom stereocenters. The molecule has 1 aromatic heterocycles. The molecule has 2 rings (SSSR count). The van der Waals surface area contributed by atoms with Gasteiger partial charge in [-0.15, -0.1) is 11.3 Å². The molecule has 88 valence electrons. The molecule has 0 bridgehead atoms. The van der Waals surface area contributed by atoms with E-state index < -0.39 is 18.8 Å². The Balaban J connectivity index is 2.32. The van der Waals surface area contributed by atoms with Crippen molar-refractivity contribution in [3.05, 3.63) is 15.3 Å². The molecule has 2 heterocycles. The Bertz CT molecular complexity index is 436. The van der Waals surface area contributed by atoms with Gasteiger partial charge in [-0.1, -0.05) is 0 Å². The van der Waals surface area contributed by atoms with Gasteiger partial charge in [0.05, 0.1) is 4.88 Å². The summed E-state index contributed by atoms with van der Waals surface area (Å²) in [5, 5.41) is 0. The molecule has 0 saturated heterocycles. The molecule has 0 amide bonds. The lowest BCUT2D eigenvalue weighted by molar-refractivity contribution is -0.152. The van der Waals surface area contributed by atoms with Crippen molar-refractivity contribution in [3.63, 3.8) is 0 Å². The van der Waals surface area contributed by atoms with Gasteiger partial charge in [-0.25, -0.2) is 0 Å². The van der Waals surface area contributed by atoms with Crippen LogP contribution in [0.1, 0.15) is 15.3 Å². The van der Waals surface area contributed by atoms with Crippen molar-refractivity contribution in [1.82, 2.24) is 0 Å². The van der Waals surface area contributed by atoms with E-state index in [0.29, 0.717) is 10.6 Å².